The van der Waals surface area contributed by atoms with Gasteiger partial charge in [-0.2, -0.15) is 0 Å². The lowest BCUT2D eigenvalue weighted by molar-refractivity contribution is 0.0718. The Morgan fingerprint density at radius 2 is 1.94 bits per heavy atom. The van der Waals surface area contributed by atoms with E-state index in [4.69, 9.17) is 4.98 Å². The van der Waals surface area contributed by atoms with E-state index in [1.165, 1.54) is 4.88 Å². The van der Waals surface area contributed by atoms with Crippen LogP contribution in [0.2, 0.25) is 0 Å². The number of hydrogen-bond donors (Lipinski definition) is 2. The number of amides is 1. The van der Waals surface area contributed by atoms with Crippen LogP contribution in [-0.4, -0.2) is 47.4 Å². The first-order valence-corrected chi connectivity index (χ1v) is 12.2. The van der Waals surface area contributed by atoms with Crippen molar-refractivity contribution < 1.29 is 4.79 Å². The highest BCUT2D eigenvalue weighted by Gasteiger charge is 2.43. The summed E-state index contributed by atoms with van der Waals surface area (Å²) in [6.45, 7) is 8.86. The molecule has 2 aliphatic rings. The van der Waals surface area contributed by atoms with Gasteiger partial charge in [0.15, 0.2) is 10.9 Å². The maximum atomic E-state index is 13.8. The number of aromatic amines is 1. The standard InChI is InChI=1S/C23H27N7OS/c1-5-29-19(22(31)30(14-6-7-14)15-8-9-15)11(2)16-17-18(25-10-24-17)20(27-21(16)29)28-23-26-12(3)13(4)32-23/h10,14-15H,5-9H2,1-4H3,(H,24,25)(H,26,27,28). The molecule has 0 saturated heterocycles. The number of anilines is 2. The Morgan fingerprint density at radius 3 is 2.53 bits per heavy atom. The molecule has 0 bridgehead atoms. The number of aromatic nitrogens is 5. The minimum absolute atomic E-state index is 0.150. The van der Waals surface area contributed by atoms with Gasteiger partial charge in [0.1, 0.15) is 22.4 Å². The number of carbonyl (C=O) groups excluding carboxylic acids is 1. The molecular weight excluding hydrogens is 422 g/mol. The molecule has 0 spiro atoms. The summed E-state index contributed by atoms with van der Waals surface area (Å²) >= 11 is 1.61. The molecule has 6 rings (SSSR count). The fraction of sp³-hybridized carbons (Fsp3) is 0.478. The van der Waals surface area contributed by atoms with E-state index >= 15 is 0 Å². The topological polar surface area (TPSA) is 91.7 Å². The average Bonchev–Trinajstić information content (AvgIpc) is 3.67. The van der Waals surface area contributed by atoms with E-state index in [1.54, 1.807) is 17.7 Å². The van der Waals surface area contributed by atoms with E-state index in [0.717, 1.165) is 69.8 Å². The summed E-state index contributed by atoms with van der Waals surface area (Å²) in [4.78, 5) is 34.6. The SMILES string of the molecule is CCn1c(C(=O)N(C2CC2)C2CC2)c(C)c2c3nc[nH]c3c(Nc3nc(C)c(C)s3)nc21. The Kier molecular flexibility index (Phi) is 4.33. The number of thiazole rings is 1. The minimum atomic E-state index is 0.150. The van der Waals surface area contributed by atoms with Gasteiger partial charge >= 0.3 is 0 Å². The van der Waals surface area contributed by atoms with Gasteiger partial charge in [0.05, 0.1) is 17.4 Å². The van der Waals surface area contributed by atoms with Crippen LogP contribution in [0.3, 0.4) is 0 Å². The predicted octanol–water partition coefficient (Wildman–Crippen LogP) is 4.82. The Balaban J connectivity index is 1.53. The Labute approximate surface area is 190 Å². The maximum Gasteiger partial charge on any atom is 0.271 e. The number of pyridine rings is 1. The predicted molar refractivity (Wildman–Crippen MR) is 127 cm³/mol. The third-order valence-corrected chi connectivity index (χ3v) is 7.69. The molecule has 2 N–H and O–H groups in total. The van der Waals surface area contributed by atoms with Gasteiger partial charge < -0.3 is 19.8 Å². The molecule has 2 aliphatic carbocycles. The normalized spacial score (nSPS) is 16.2. The number of carbonyl (C=O) groups is 1. The van der Waals surface area contributed by atoms with Gasteiger partial charge in [0.2, 0.25) is 0 Å². The second-order valence-corrected chi connectivity index (χ2v) is 10.2. The Bertz CT molecular complexity index is 1340. The molecule has 4 heterocycles. The molecule has 0 aliphatic heterocycles. The van der Waals surface area contributed by atoms with Crippen molar-refractivity contribution in [3.05, 3.63) is 28.2 Å². The molecule has 8 nitrogen and oxygen atoms in total. The van der Waals surface area contributed by atoms with Gasteiger partial charge in [0.25, 0.3) is 5.91 Å². The Morgan fingerprint density at radius 1 is 1.22 bits per heavy atom. The second kappa shape index (κ2) is 7.03. The van der Waals surface area contributed by atoms with Crippen LogP contribution in [0.15, 0.2) is 6.33 Å². The lowest BCUT2D eigenvalue weighted by atomic mass is 10.1. The van der Waals surface area contributed by atoms with Gasteiger partial charge in [-0.1, -0.05) is 0 Å². The van der Waals surface area contributed by atoms with Crippen molar-refractivity contribution in [1.82, 2.24) is 29.4 Å². The van der Waals surface area contributed by atoms with Crippen molar-refractivity contribution >= 4 is 50.3 Å². The lowest BCUT2D eigenvalue weighted by Gasteiger charge is -2.23. The van der Waals surface area contributed by atoms with E-state index < -0.39 is 0 Å². The summed E-state index contributed by atoms with van der Waals surface area (Å²) in [7, 11) is 0. The molecule has 0 atom stereocenters. The van der Waals surface area contributed by atoms with Crippen molar-refractivity contribution in [2.45, 2.75) is 72.0 Å². The van der Waals surface area contributed by atoms with E-state index in [2.05, 4.69) is 43.6 Å². The molecule has 9 heteroatoms. The van der Waals surface area contributed by atoms with Crippen LogP contribution < -0.4 is 5.32 Å². The van der Waals surface area contributed by atoms with Crippen molar-refractivity contribution in [2.75, 3.05) is 5.32 Å². The highest BCUT2D eigenvalue weighted by Crippen LogP contribution is 2.41. The highest BCUT2D eigenvalue weighted by molar-refractivity contribution is 7.15. The summed E-state index contributed by atoms with van der Waals surface area (Å²) in [6.07, 6.45) is 6.18. The van der Waals surface area contributed by atoms with Crippen molar-refractivity contribution in [3.8, 4) is 0 Å². The fourth-order valence-electron chi connectivity index (χ4n) is 4.71. The van der Waals surface area contributed by atoms with Gasteiger partial charge in [-0.3, -0.25) is 4.79 Å². The summed E-state index contributed by atoms with van der Waals surface area (Å²) in [6, 6.07) is 0.814. The molecule has 32 heavy (non-hydrogen) atoms. The largest absolute Gasteiger partial charge is 0.342 e. The number of nitrogens with zero attached hydrogens (tertiary/aromatic N) is 5. The molecule has 166 valence electrons. The number of aryl methyl sites for hydroxylation is 4. The zero-order chi connectivity index (χ0) is 22.1. The fourth-order valence-corrected chi connectivity index (χ4v) is 5.53. The molecular formula is C23H27N7OS. The first kappa shape index (κ1) is 19.7. The number of hydrogen-bond acceptors (Lipinski definition) is 6. The summed E-state index contributed by atoms with van der Waals surface area (Å²) in [5.74, 6) is 0.836. The zero-order valence-corrected chi connectivity index (χ0v) is 19.6. The van der Waals surface area contributed by atoms with Gasteiger partial charge in [0, 0.05) is 23.5 Å². The van der Waals surface area contributed by atoms with E-state index in [1.807, 2.05) is 13.8 Å². The van der Waals surface area contributed by atoms with Gasteiger partial charge in [-0.25, -0.2) is 15.0 Å². The average molecular weight is 450 g/mol. The number of nitrogens with one attached hydrogen (secondary N) is 2. The molecule has 0 aromatic carbocycles. The van der Waals surface area contributed by atoms with E-state index in [9.17, 15) is 4.79 Å². The molecule has 4 aromatic rings. The molecule has 2 fully saturated rings. The first-order chi connectivity index (χ1) is 15.5. The van der Waals surface area contributed by atoms with Crippen LogP contribution in [0.25, 0.3) is 22.1 Å². The summed E-state index contributed by atoms with van der Waals surface area (Å²) in [5.41, 5.74) is 5.21. The minimum Gasteiger partial charge on any atom is -0.342 e. The van der Waals surface area contributed by atoms with Crippen molar-refractivity contribution in [3.63, 3.8) is 0 Å². The smallest absolute Gasteiger partial charge is 0.271 e. The van der Waals surface area contributed by atoms with Gasteiger partial charge in [-0.15, -0.1) is 11.3 Å². The molecule has 0 unspecified atom stereocenters. The summed E-state index contributed by atoms with van der Waals surface area (Å²) in [5, 5.41) is 5.15. The van der Waals surface area contributed by atoms with E-state index in [0.29, 0.717) is 24.4 Å². The number of fused-ring (bicyclic) bond motifs is 3. The summed E-state index contributed by atoms with van der Waals surface area (Å²) < 4.78 is 2.07. The number of H-pyrrole nitrogens is 1. The number of imidazole rings is 1. The van der Waals surface area contributed by atoms with Gasteiger partial charge in [-0.05, 0) is 58.9 Å². The maximum absolute atomic E-state index is 13.8. The monoisotopic (exact) mass is 449 g/mol. The third kappa shape index (κ3) is 2.94. The van der Waals surface area contributed by atoms with Crippen LogP contribution in [0.1, 0.15) is 59.2 Å². The quantitative estimate of drug-likeness (QED) is 0.440. The van der Waals surface area contributed by atoms with Crippen LogP contribution in [-0.2, 0) is 6.54 Å². The van der Waals surface area contributed by atoms with Crippen LogP contribution in [0, 0.1) is 20.8 Å². The zero-order valence-electron chi connectivity index (χ0n) is 18.8. The van der Waals surface area contributed by atoms with E-state index in [-0.39, 0.29) is 5.91 Å². The van der Waals surface area contributed by atoms with Crippen LogP contribution in [0.4, 0.5) is 10.9 Å². The molecule has 1 amide bonds. The highest BCUT2D eigenvalue weighted by atomic mass is 32.1. The van der Waals surface area contributed by atoms with Crippen molar-refractivity contribution in [1.29, 1.82) is 0 Å². The molecule has 4 aromatic heterocycles. The lowest BCUT2D eigenvalue weighted by Crippen LogP contribution is -2.36. The second-order valence-electron chi connectivity index (χ2n) is 8.96. The molecule has 2 saturated carbocycles. The van der Waals surface area contributed by atoms with Crippen LogP contribution >= 0.6 is 11.3 Å². The Hall–Kier alpha value is -2.94. The number of rotatable bonds is 6. The first-order valence-electron chi connectivity index (χ1n) is 11.4. The van der Waals surface area contributed by atoms with Crippen molar-refractivity contribution in [2.24, 2.45) is 0 Å². The molecule has 0 radical (unpaired) electrons. The van der Waals surface area contributed by atoms with Crippen LogP contribution in [0.5, 0.6) is 0 Å². The third-order valence-electron chi connectivity index (χ3n) is 6.70.